The molecular formula is C26H38O6. The smallest absolute Gasteiger partial charge is 0.305 e. The fraction of sp³-hybridized carbons (Fsp3) is 0.577. The molecule has 1 aliphatic carbocycles. The lowest BCUT2D eigenvalue weighted by molar-refractivity contribution is -0.143. The van der Waals surface area contributed by atoms with Crippen LogP contribution in [-0.2, 0) is 9.53 Å². The highest BCUT2D eigenvalue weighted by Gasteiger charge is 2.39. The Hall–Kier alpha value is -2.15. The van der Waals surface area contributed by atoms with Gasteiger partial charge in [-0.25, -0.2) is 0 Å². The van der Waals surface area contributed by atoms with Crippen LogP contribution in [-0.4, -0.2) is 52.8 Å². The maximum Gasteiger partial charge on any atom is 0.305 e. The van der Waals surface area contributed by atoms with Gasteiger partial charge in [0.25, 0.3) is 0 Å². The van der Waals surface area contributed by atoms with Gasteiger partial charge in [0.05, 0.1) is 18.8 Å². The fourth-order valence-electron chi connectivity index (χ4n) is 3.85. The molecule has 0 aliphatic heterocycles. The number of benzene rings is 1. The number of aliphatic hydroxyl groups excluding tert-OH is 3. The predicted molar refractivity (Wildman–Crippen MR) is 124 cm³/mol. The largest absolute Gasteiger partial charge is 0.491 e. The van der Waals surface area contributed by atoms with E-state index in [4.69, 9.17) is 9.47 Å². The summed E-state index contributed by atoms with van der Waals surface area (Å²) >= 11 is 0. The molecule has 6 nitrogen and oxygen atoms in total. The number of unbranched alkanes of at least 4 members (excludes halogenated alkanes) is 2. The second-order valence-electron chi connectivity index (χ2n) is 8.36. The number of hydrogen-bond acceptors (Lipinski definition) is 6. The number of carbonyl (C=O) groups excluding carboxylic acids is 1. The number of esters is 1. The topological polar surface area (TPSA) is 96.2 Å². The average molecular weight is 447 g/mol. The van der Waals surface area contributed by atoms with Crippen LogP contribution >= 0.6 is 0 Å². The van der Waals surface area contributed by atoms with Gasteiger partial charge >= 0.3 is 5.97 Å². The van der Waals surface area contributed by atoms with Crippen LogP contribution in [0.5, 0.6) is 5.75 Å². The molecule has 0 amide bonds. The summed E-state index contributed by atoms with van der Waals surface area (Å²) in [7, 11) is 0. The molecular weight excluding hydrogens is 408 g/mol. The van der Waals surface area contributed by atoms with E-state index in [1.165, 1.54) is 0 Å². The molecule has 1 fully saturated rings. The number of allylic oxidation sites excluding steroid dienone is 2. The quantitative estimate of drug-likeness (QED) is 0.229. The first-order valence-corrected chi connectivity index (χ1v) is 11.7. The molecule has 1 aliphatic rings. The van der Waals surface area contributed by atoms with Crippen molar-refractivity contribution in [3.05, 3.63) is 54.6 Å². The SMILES string of the molecule is CCCCOC(=O)CCC/C=C\C[C@@H]1C(/C=C/[C@@H](O)COc2ccccc2)[C@H](O)C[C@@H]1O. The molecule has 1 unspecified atom stereocenters. The minimum Gasteiger partial charge on any atom is -0.491 e. The molecule has 0 heterocycles. The van der Waals surface area contributed by atoms with Gasteiger partial charge in [-0.2, -0.15) is 0 Å². The third-order valence-electron chi connectivity index (χ3n) is 5.72. The van der Waals surface area contributed by atoms with E-state index in [0.717, 1.165) is 25.7 Å². The van der Waals surface area contributed by atoms with E-state index in [2.05, 4.69) is 6.92 Å². The lowest BCUT2D eigenvalue weighted by Crippen LogP contribution is -2.21. The first kappa shape index (κ1) is 26.1. The Labute approximate surface area is 191 Å². The Kier molecular flexibility index (Phi) is 12.1. The van der Waals surface area contributed by atoms with Crippen molar-refractivity contribution in [1.29, 1.82) is 0 Å². The van der Waals surface area contributed by atoms with Gasteiger partial charge < -0.3 is 24.8 Å². The van der Waals surface area contributed by atoms with Crippen molar-refractivity contribution in [2.75, 3.05) is 13.2 Å². The second kappa shape index (κ2) is 14.8. The molecule has 32 heavy (non-hydrogen) atoms. The highest BCUT2D eigenvalue weighted by atomic mass is 16.5. The lowest BCUT2D eigenvalue weighted by Gasteiger charge is -2.19. The monoisotopic (exact) mass is 446 g/mol. The van der Waals surface area contributed by atoms with Gasteiger partial charge in [-0.05, 0) is 43.7 Å². The summed E-state index contributed by atoms with van der Waals surface area (Å²) < 4.78 is 10.7. The molecule has 5 atom stereocenters. The summed E-state index contributed by atoms with van der Waals surface area (Å²) in [5.41, 5.74) is 0. The molecule has 178 valence electrons. The molecule has 1 saturated carbocycles. The van der Waals surface area contributed by atoms with E-state index in [1.807, 2.05) is 42.5 Å². The van der Waals surface area contributed by atoms with Gasteiger partial charge in [0.1, 0.15) is 18.5 Å². The number of rotatable bonds is 14. The van der Waals surface area contributed by atoms with E-state index in [1.54, 1.807) is 12.2 Å². The van der Waals surface area contributed by atoms with Crippen molar-refractivity contribution in [1.82, 2.24) is 0 Å². The first-order valence-electron chi connectivity index (χ1n) is 11.7. The zero-order valence-corrected chi connectivity index (χ0v) is 19.0. The Morgan fingerprint density at radius 1 is 1.16 bits per heavy atom. The summed E-state index contributed by atoms with van der Waals surface area (Å²) in [5, 5.41) is 30.9. The Bertz CT molecular complexity index is 702. The standard InChI is InChI=1S/C26H38O6/c1-2-3-17-31-26(30)14-10-5-4-9-13-22-23(25(29)18-24(22)28)16-15-20(27)19-32-21-11-7-6-8-12-21/h4,6-9,11-12,15-16,20,22-25,27-29H,2-3,5,10,13-14,17-19H2,1H3/b9-4-,16-15+/t20-,22-,23?,24+,25-/m1/s1. The normalized spacial score (nSPS) is 24.2. The number of hydrogen-bond donors (Lipinski definition) is 3. The fourth-order valence-corrected chi connectivity index (χ4v) is 3.85. The zero-order valence-electron chi connectivity index (χ0n) is 19.0. The predicted octanol–water partition coefficient (Wildman–Crippen LogP) is 3.80. The van der Waals surface area contributed by atoms with Crippen LogP contribution in [0.3, 0.4) is 0 Å². The van der Waals surface area contributed by atoms with Gasteiger partial charge in [0.2, 0.25) is 0 Å². The number of ether oxygens (including phenoxy) is 2. The minimum atomic E-state index is -0.798. The number of para-hydroxylation sites is 1. The molecule has 1 aromatic rings. The van der Waals surface area contributed by atoms with Gasteiger partial charge in [-0.15, -0.1) is 0 Å². The van der Waals surface area contributed by atoms with Gasteiger partial charge in [-0.3, -0.25) is 4.79 Å². The third-order valence-corrected chi connectivity index (χ3v) is 5.72. The van der Waals surface area contributed by atoms with Crippen molar-refractivity contribution in [3.8, 4) is 5.75 Å². The number of aliphatic hydroxyl groups is 3. The molecule has 6 heteroatoms. The highest BCUT2D eigenvalue weighted by Crippen LogP contribution is 2.36. The van der Waals surface area contributed by atoms with Crippen molar-refractivity contribution >= 4 is 5.97 Å². The maximum absolute atomic E-state index is 11.6. The van der Waals surface area contributed by atoms with E-state index < -0.39 is 18.3 Å². The summed E-state index contributed by atoms with van der Waals surface area (Å²) in [5.74, 6) is 0.197. The molecule has 2 rings (SSSR count). The summed E-state index contributed by atoms with van der Waals surface area (Å²) in [6, 6.07) is 9.28. The first-order chi connectivity index (χ1) is 15.5. The van der Waals surface area contributed by atoms with Gasteiger partial charge in [0.15, 0.2) is 0 Å². The lowest BCUT2D eigenvalue weighted by atomic mass is 9.89. The van der Waals surface area contributed by atoms with E-state index in [0.29, 0.717) is 31.6 Å². The Morgan fingerprint density at radius 2 is 1.94 bits per heavy atom. The Morgan fingerprint density at radius 3 is 2.69 bits per heavy atom. The summed E-state index contributed by atoms with van der Waals surface area (Å²) in [4.78, 5) is 11.6. The molecule has 0 saturated heterocycles. The molecule has 0 aromatic heterocycles. The Balaban J connectivity index is 1.73. The van der Waals surface area contributed by atoms with Crippen LogP contribution < -0.4 is 4.74 Å². The van der Waals surface area contributed by atoms with E-state index >= 15 is 0 Å². The third kappa shape index (κ3) is 9.55. The second-order valence-corrected chi connectivity index (χ2v) is 8.36. The van der Waals surface area contributed by atoms with E-state index in [9.17, 15) is 20.1 Å². The van der Waals surface area contributed by atoms with Crippen molar-refractivity contribution in [2.45, 2.75) is 70.2 Å². The molecule has 0 spiro atoms. The molecule has 0 bridgehead atoms. The van der Waals surface area contributed by atoms with E-state index in [-0.39, 0.29) is 24.4 Å². The highest BCUT2D eigenvalue weighted by molar-refractivity contribution is 5.69. The van der Waals surface area contributed by atoms with Crippen LogP contribution in [0.1, 0.15) is 51.9 Å². The van der Waals surface area contributed by atoms with Crippen LogP contribution in [0.15, 0.2) is 54.6 Å². The van der Waals surface area contributed by atoms with Crippen LogP contribution in [0.2, 0.25) is 0 Å². The van der Waals surface area contributed by atoms with Crippen molar-refractivity contribution in [3.63, 3.8) is 0 Å². The number of carbonyl (C=O) groups is 1. The molecule has 1 aromatic carbocycles. The van der Waals surface area contributed by atoms with Gasteiger partial charge in [-0.1, -0.05) is 55.8 Å². The average Bonchev–Trinajstić information content (AvgIpc) is 3.06. The van der Waals surface area contributed by atoms with Crippen molar-refractivity contribution < 1.29 is 29.6 Å². The molecule has 3 N–H and O–H groups in total. The van der Waals surface area contributed by atoms with Crippen LogP contribution in [0, 0.1) is 11.8 Å². The summed E-state index contributed by atoms with van der Waals surface area (Å²) in [6.45, 7) is 2.67. The molecule has 0 radical (unpaired) electrons. The van der Waals surface area contributed by atoms with Crippen LogP contribution in [0.4, 0.5) is 0 Å². The zero-order chi connectivity index (χ0) is 23.2. The van der Waals surface area contributed by atoms with Gasteiger partial charge in [0, 0.05) is 18.8 Å². The van der Waals surface area contributed by atoms with Crippen LogP contribution in [0.25, 0.3) is 0 Å². The summed E-state index contributed by atoms with van der Waals surface area (Å²) in [6.07, 6.45) is 10.2. The maximum atomic E-state index is 11.6. The van der Waals surface area contributed by atoms with Crippen molar-refractivity contribution in [2.24, 2.45) is 11.8 Å². The minimum absolute atomic E-state index is 0.112.